The lowest BCUT2D eigenvalue weighted by atomic mass is 9.94. The van der Waals surface area contributed by atoms with E-state index >= 15 is 0 Å². The molecule has 1 saturated carbocycles. The Labute approximate surface area is 82.9 Å². The maximum Gasteiger partial charge on any atom is 0.132 e. The van der Waals surface area contributed by atoms with Crippen LogP contribution in [0, 0.1) is 5.41 Å². The second-order valence-electron chi connectivity index (χ2n) is 5.01. The predicted octanol–water partition coefficient (Wildman–Crippen LogP) is 3.96. The van der Waals surface area contributed by atoms with Crippen LogP contribution in [0.4, 0.5) is 0 Å². The summed E-state index contributed by atoms with van der Waals surface area (Å²) in [4.78, 5) is 10.5. The number of hydrogen-bond acceptors (Lipinski definition) is 1. The molecule has 0 N–H and O–H groups in total. The Bertz CT molecular complexity index is 134. The van der Waals surface area contributed by atoms with E-state index in [-0.39, 0.29) is 0 Å². The Morgan fingerprint density at radius 3 is 1.62 bits per heavy atom. The van der Waals surface area contributed by atoms with E-state index in [4.69, 9.17) is 0 Å². The van der Waals surface area contributed by atoms with Gasteiger partial charge in [0.15, 0.2) is 0 Å². The lowest BCUT2D eigenvalue weighted by Gasteiger charge is -2.12. The normalized spacial score (nSPS) is 17.7. The van der Waals surface area contributed by atoms with Gasteiger partial charge in [-0.25, -0.2) is 0 Å². The molecule has 0 unspecified atom stereocenters. The molecule has 1 rings (SSSR count). The summed E-state index contributed by atoms with van der Waals surface area (Å²) >= 11 is 0. The topological polar surface area (TPSA) is 17.1 Å². The number of hydrogen-bond donors (Lipinski definition) is 0. The summed E-state index contributed by atoms with van der Waals surface area (Å²) in [6, 6.07) is 0. The average Bonchev–Trinajstić information content (AvgIpc) is 2.06. The number of Topliss-reactive ketones (excluding diaryl/α,β-unsaturated/α-hetero) is 1. The highest BCUT2D eigenvalue weighted by molar-refractivity contribution is 5.78. The molecule has 0 bridgehead atoms. The van der Waals surface area contributed by atoms with Crippen molar-refractivity contribution in [1.82, 2.24) is 0 Å². The Kier molecular flexibility index (Phi) is 6.02. The summed E-state index contributed by atoms with van der Waals surface area (Å²) in [6.07, 6.45) is 6.51. The van der Waals surface area contributed by atoms with Crippen molar-refractivity contribution in [2.24, 2.45) is 5.41 Å². The van der Waals surface area contributed by atoms with E-state index in [1.807, 2.05) is 0 Å². The van der Waals surface area contributed by atoms with Gasteiger partial charge in [-0.1, -0.05) is 40.5 Å². The van der Waals surface area contributed by atoms with Crippen LogP contribution in [0.5, 0.6) is 0 Å². The standard InChI is InChI=1S/C6H10O.C6H14/c7-6-4-2-1-3-5-6;1-5-6(2,3)4/h1-5H2;5H2,1-4H3. The molecule has 0 aromatic heterocycles. The lowest BCUT2D eigenvalue weighted by Crippen LogP contribution is -2.02. The molecule has 0 atom stereocenters. The summed E-state index contributed by atoms with van der Waals surface area (Å²) in [5.74, 6) is 0.464. The Morgan fingerprint density at radius 2 is 1.46 bits per heavy atom. The number of rotatable bonds is 0. The van der Waals surface area contributed by atoms with Crippen LogP contribution >= 0.6 is 0 Å². The first-order valence-corrected chi connectivity index (χ1v) is 5.47. The van der Waals surface area contributed by atoms with Gasteiger partial charge in [0.2, 0.25) is 0 Å². The maximum absolute atomic E-state index is 10.5. The molecule has 1 nitrogen and oxygen atoms in total. The van der Waals surface area contributed by atoms with Crippen LogP contribution in [-0.2, 0) is 4.79 Å². The molecule has 1 aliphatic carbocycles. The summed E-state index contributed by atoms with van der Waals surface area (Å²) < 4.78 is 0. The van der Waals surface area contributed by atoms with Gasteiger partial charge in [-0.2, -0.15) is 0 Å². The molecule has 0 aliphatic heterocycles. The van der Waals surface area contributed by atoms with Gasteiger partial charge in [0.1, 0.15) is 5.78 Å². The third-order valence-electron chi connectivity index (χ3n) is 2.47. The summed E-state index contributed by atoms with van der Waals surface area (Å²) in [5, 5.41) is 0. The maximum atomic E-state index is 10.5. The first-order chi connectivity index (χ1) is 5.95. The van der Waals surface area contributed by atoms with E-state index < -0.39 is 0 Å². The zero-order valence-electron chi connectivity index (χ0n) is 9.65. The molecular weight excluding hydrogens is 160 g/mol. The fraction of sp³-hybridized carbons (Fsp3) is 0.917. The van der Waals surface area contributed by atoms with Gasteiger partial charge in [-0.3, -0.25) is 4.79 Å². The van der Waals surface area contributed by atoms with Gasteiger partial charge in [0, 0.05) is 12.8 Å². The monoisotopic (exact) mass is 184 g/mol. The fourth-order valence-corrected chi connectivity index (χ4v) is 0.946. The lowest BCUT2D eigenvalue weighted by molar-refractivity contribution is -0.120. The fourth-order valence-electron chi connectivity index (χ4n) is 0.946. The van der Waals surface area contributed by atoms with E-state index in [1.54, 1.807) is 0 Å². The third-order valence-corrected chi connectivity index (χ3v) is 2.47. The number of ketones is 1. The molecule has 13 heavy (non-hydrogen) atoms. The van der Waals surface area contributed by atoms with Crippen molar-refractivity contribution in [3.63, 3.8) is 0 Å². The first-order valence-electron chi connectivity index (χ1n) is 5.47. The van der Waals surface area contributed by atoms with Crippen LogP contribution in [0.3, 0.4) is 0 Å². The van der Waals surface area contributed by atoms with E-state index in [2.05, 4.69) is 27.7 Å². The molecule has 0 aromatic rings. The molecule has 0 amide bonds. The molecule has 0 saturated heterocycles. The Hall–Kier alpha value is -0.330. The SMILES string of the molecule is CCC(C)(C)C.O=C1CCCCC1. The van der Waals surface area contributed by atoms with Gasteiger partial charge < -0.3 is 0 Å². The highest BCUT2D eigenvalue weighted by atomic mass is 16.1. The summed E-state index contributed by atoms with van der Waals surface area (Å²) in [7, 11) is 0. The van der Waals surface area contributed by atoms with Crippen LogP contribution in [0.1, 0.15) is 66.2 Å². The highest BCUT2D eigenvalue weighted by Crippen LogP contribution is 2.16. The zero-order chi connectivity index (χ0) is 10.3. The minimum absolute atomic E-state index is 0.464. The smallest absolute Gasteiger partial charge is 0.132 e. The van der Waals surface area contributed by atoms with Crippen LogP contribution in [0.15, 0.2) is 0 Å². The van der Waals surface area contributed by atoms with Crippen LogP contribution in [0.25, 0.3) is 0 Å². The van der Waals surface area contributed by atoms with E-state index in [0.29, 0.717) is 11.2 Å². The van der Waals surface area contributed by atoms with E-state index in [1.165, 1.54) is 12.8 Å². The Morgan fingerprint density at radius 1 is 1.08 bits per heavy atom. The largest absolute Gasteiger partial charge is 0.300 e. The Balaban J connectivity index is 0.000000226. The molecule has 0 radical (unpaired) electrons. The third kappa shape index (κ3) is 9.59. The van der Waals surface area contributed by atoms with Gasteiger partial charge in [0.25, 0.3) is 0 Å². The summed E-state index contributed by atoms with van der Waals surface area (Å²) in [6.45, 7) is 8.94. The summed E-state index contributed by atoms with van der Waals surface area (Å²) in [5.41, 5.74) is 0.542. The molecule has 1 fully saturated rings. The van der Waals surface area contributed by atoms with Crippen molar-refractivity contribution < 1.29 is 4.79 Å². The van der Waals surface area contributed by atoms with Gasteiger partial charge in [-0.05, 0) is 18.3 Å². The van der Waals surface area contributed by atoms with Crippen molar-refractivity contribution in [3.05, 3.63) is 0 Å². The van der Waals surface area contributed by atoms with Gasteiger partial charge in [-0.15, -0.1) is 0 Å². The van der Waals surface area contributed by atoms with Crippen molar-refractivity contribution in [1.29, 1.82) is 0 Å². The van der Waals surface area contributed by atoms with Gasteiger partial charge >= 0.3 is 0 Å². The first kappa shape index (κ1) is 12.7. The predicted molar refractivity (Wildman–Crippen MR) is 57.8 cm³/mol. The van der Waals surface area contributed by atoms with Crippen molar-refractivity contribution in [2.75, 3.05) is 0 Å². The molecule has 78 valence electrons. The van der Waals surface area contributed by atoms with E-state index in [0.717, 1.165) is 25.7 Å². The minimum Gasteiger partial charge on any atom is -0.300 e. The van der Waals surface area contributed by atoms with Crippen molar-refractivity contribution >= 4 is 5.78 Å². The van der Waals surface area contributed by atoms with Crippen molar-refractivity contribution in [2.45, 2.75) is 66.2 Å². The number of carbonyl (C=O) groups is 1. The molecule has 1 heteroatoms. The molecule has 0 heterocycles. The average molecular weight is 184 g/mol. The number of carbonyl (C=O) groups excluding carboxylic acids is 1. The zero-order valence-corrected chi connectivity index (χ0v) is 9.65. The second kappa shape index (κ2) is 6.17. The van der Waals surface area contributed by atoms with Crippen LogP contribution in [0.2, 0.25) is 0 Å². The second-order valence-corrected chi connectivity index (χ2v) is 5.01. The van der Waals surface area contributed by atoms with Crippen molar-refractivity contribution in [3.8, 4) is 0 Å². The molecule has 0 aromatic carbocycles. The molecule has 0 spiro atoms. The minimum atomic E-state index is 0.464. The highest BCUT2D eigenvalue weighted by Gasteiger charge is 2.06. The van der Waals surface area contributed by atoms with E-state index in [9.17, 15) is 4.79 Å². The molecule has 1 aliphatic rings. The van der Waals surface area contributed by atoms with Crippen LogP contribution in [-0.4, -0.2) is 5.78 Å². The van der Waals surface area contributed by atoms with Crippen LogP contribution < -0.4 is 0 Å². The molecular formula is C12H24O. The quantitative estimate of drug-likeness (QED) is 0.557. The van der Waals surface area contributed by atoms with Gasteiger partial charge in [0.05, 0.1) is 0 Å².